The molecule has 0 saturated carbocycles. The first-order chi connectivity index (χ1) is 17.8. The number of nitrogens with one attached hydrogen (secondary N) is 1. The van der Waals surface area contributed by atoms with E-state index in [2.05, 4.69) is 10.4 Å². The first-order valence-electron chi connectivity index (χ1n) is 11.6. The molecule has 1 heterocycles. The summed E-state index contributed by atoms with van der Waals surface area (Å²) in [7, 11) is 1.62. The Morgan fingerprint density at radius 2 is 1.81 bits per heavy atom. The standard InChI is InChI=1S/C29H27Cl2N3O3/c1-19-6-4-5-7-26(19)37-18-23-15-21(9-12-27(23)36-3)10-13-29(35)32-28-14-20(2)34(33-28)17-22-8-11-24(30)25(31)16-22/h4-16H,17-18H2,1-3H3,(H,32,33,35)/b13-10+. The van der Waals surface area contributed by atoms with Crippen molar-refractivity contribution in [3.63, 3.8) is 0 Å². The number of benzene rings is 3. The maximum Gasteiger partial charge on any atom is 0.249 e. The van der Waals surface area contributed by atoms with Gasteiger partial charge in [0.25, 0.3) is 0 Å². The van der Waals surface area contributed by atoms with Crippen LogP contribution in [0.25, 0.3) is 6.08 Å². The van der Waals surface area contributed by atoms with Crippen molar-refractivity contribution in [1.29, 1.82) is 0 Å². The van der Waals surface area contributed by atoms with Gasteiger partial charge in [0.2, 0.25) is 5.91 Å². The summed E-state index contributed by atoms with van der Waals surface area (Å²) in [5, 5.41) is 8.30. The summed E-state index contributed by atoms with van der Waals surface area (Å²) in [6, 6.07) is 20.8. The second-order valence-corrected chi connectivity index (χ2v) is 9.34. The van der Waals surface area contributed by atoms with Crippen molar-refractivity contribution in [2.45, 2.75) is 27.0 Å². The fraction of sp³-hybridized carbons (Fsp3) is 0.172. The molecule has 37 heavy (non-hydrogen) atoms. The Kier molecular flexibility index (Phi) is 8.54. The maximum absolute atomic E-state index is 12.6. The average Bonchev–Trinajstić information content (AvgIpc) is 3.22. The van der Waals surface area contributed by atoms with Crippen LogP contribution in [0.4, 0.5) is 5.82 Å². The van der Waals surface area contributed by atoms with Crippen LogP contribution >= 0.6 is 23.2 Å². The minimum Gasteiger partial charge on any atom is -0.496 e. The summed E-state index contributed by atoms with van der Waals surface area (Å²) < 4.78 is 13.3. The molecule has 0 atom stereocenters. The van der Waals surface area contributed by atoms with E-state index in [0.29, 0.717) is 29.0 Å². The highest BCUT2D eigenvalue weighted by Crippen LogP contribution is 2.25. The van der Waals surface area contributed by atoms with Crippen LogP contribution in [0.5, 0.6) is 11.5 Å². The molecule has 0 aliphatic rings. The second kappa shape index (κ2) is 12.0. The van der Waals surface area contributed by atoms with Crippen LogP contribution in [0.3, 0.4) is 0 Å². The summed E-state index contributed by atoms with van der Waals surface area (Å²) in [5.74, 6) is 1.72. The smallest absolute Gasteiger partial charge is 0.249 e. The van der Waals surface area contributed by atoms with Gasteiger partial charge in [-0.25, -0.2) is 0 Å². The van der Waals surface area contributed by atoms with E-state index in [1.165, 1.54) is 6.08 Å². The van der Waals surface area contributed by atoms with Crippen LogP contribution in [0, 0.1) is 13.8 Å². The fourth-order valence-electron chi connectivity index (χ4n) is 3.77. The van der Waals surface area contributed by atoms with Gasteiger partial charge in [-0.05, 0) is 66.9 Å². The van der Waals surface area contributed by atoms with E-state index < -0.39 is 0 Å². The van der Waals surface area contributed by atoms with Crippen molar-refractivity contribution in [1.82, 2.24) is 9.78 Å². The number of nitrogens with zero attached hydrogens (tertiary/aromatic N) is 2. The minimum atomic E-state index is -0.285. The average molecular weight is 536 g/mol. The first kappa shape index (κ1) is 26.3. The molecular formula is C29H27Cl2N3O3. The van der Waals surface area contributed by atoms with E-state index in [4.69, 9.17) is 32.7 Å². The number of carbonyl (C=O) groups is 1. The van der Waals surface area contributed by atoms with E-state index in [0.717, 1.165) is 39.4 Å². The van der Waals surface area contributed by atoms with Crippen LogP contribution in [-0.2, 0) is 17.9 Å². The minimum absolute atomic E-state index is 0.285. The van der Waals surface area contributed by atoms with Crippen molar-refractivity contribution in [3.05, 3.63) is 111 Å². The Balaban J connectivity index is 1.40. The lowest BCUT2D eigenvalue weighted by Crippen LogP contribution is -2.09. The third kappa shape index (κ3) is 6.94. The quantitative estimate of drug-likeness (QED) is 0.232. The molecule has 1 aromatic heterocycles. The van der Waals surface area contributed by atoms with Crippen LogP contribution in [0.15, 0.2) is 72.8 Å². The maximum atomic E-state index is 12.6. The number of amides is 1. The van der Waals surface area contributed by atoms with Gasteiger partial charge in [-0.15, -0.1) is 0 Å². The number of aromatic nitrogens is 2. The van der Waals surface area contributed by atoms with E-state index in [1.807, 2.05) is 68.4 Å². The van der Waals surface area contributed by atoms with E-state index >= 15 is 0 Å². The molecular weight excluding hydrogens is 509 g/mol. The molecule has 0 fully saturated rings. The normalized spacial score (nSPS) is 11.1. The zero-order valence-electron chi connectivity index (χ0n) is 20.8. The highest BCUT2D eigenvalue weighted by atomic mass is 35.5. The SMILES string of the molecule is COc1ccc(/C=C/C(=O)Nc2cc(C)n(Cc3ccc(Cl)c(Cl)c3)n2)cc1COc1ccccc1C. The molecule has 3 aromatic carbocycles. The molecule has 0 unspecified atom stereocenters. The number of aryl methyl sites for hydroxylation is 2. The van der Waals surface area contributed by atoms with E-state index in [-0.39, 0.29) is 5.91 Å². The summed E-state index contributed by atoms with van der Waals surface area (Å²) in [4.78, 5) is 12.6. The van der Waals surface area contributed by atoms with Crippen LogP contribution in [0.2, 0.25) is 10.0 Å². The van der Waals surface area contributed by atoms with E-state index in [1.54, 1.807) is 30.0 Å². The number of carbonyl (C=O) groups excluding carboxylic acids is 1. The number of hydrogen-bond acceptors (Lipinski definition) is 4. The molecule has 8 heteroatoms. The number of hydrogen-bond donors (Lipinski definition) is 1. The molecule has 6 nitrogen and oxygen atoms in total. The van der Waals surface area contributed by atoms with Gasteiger partial charge in [0.15, 0.2) is 5.82 Å². The second-order valence-electron chi connectivity index (χ2n) is 8.53. The molecule has 0 saturated heterocycles. The fourth-order valence-corrected chi connectivity index (χ4v) is 4.09. The van der Waals surface area contributed by atoms with Crippen LogP contribution < -0.4 is 14.8 Å². The Morgan fingerprint density at radius 1 is 1.00 bits per heavy atom. The number of para-hydroxylation sites is 1. The Hall–Kier alpha value is -3.74. The zero-order valence-corrected chi connectivity index (χ0v) is 22.3. The predicted octanol–water partition coefficient (Wildman–Crippen LogP) is 7.09. The third-order valence-corrected chi connectivity index (χ3v) is 6.50. The molecule has 0 aliphatic carbocycles. The van der Waals surface area contributed by atoms with Gasteiger partial charge in [-0.1, -0.05) is 53.5 Å². The van der Waals surface area contributed by atoms with Gasteiger partial charge in [-0.3, -0.25) is 9.48 Å². The molecule has 1 N–H and O–H groups in total. The van der Waals surface area contributed by atoms with Gasteiger partial charge < -0.3 is 14.8 Å². The summed E-state index contributed by atoms with van der Waals surface area (Å²) >= 11 is 12.1. The first-order valence-corrected chi connectivity index (χ1v) is 12.4. The lowest BCUT2D eigenvalue weighted by Gasteiger charge is -2.12. The van der Waals surface area contributed by atoms with Gasteiger partial charge in [0.1, 0.15) is 18.1 Å². The lowest BCUT2D eigenvalue weighted by atomic mass is 10.1. The third-order valence-electron chi connectivity index (χ3n) is 5.76. The van der Waals surface area contributed by atoms with Gasteiger partial charge in [0.05, 0.1) is 23.7 Å². The number of anilines is 1. The molecule has 0 bridgehead atoms. The van der Waals surface area contributed by atoms with Crippen LogP contribution in [-0.4, -0.2) is 22.8 Å². The number of halogens is 2. The van der Waals surface area contributed by atoms with Crippen molar-refractivity contribution < 1.29 is 14.3 Å². The van der Waals surface area contributed by atoms with Gasteiger partial charge in [-0.2, -0.15) is 5.10 Å². The number of methoxy groups -OCH3 is 1. The summed E-state index contributed by atoms with van der Waals surface area (Å²) in [5.41, 5.74) is 4.65. The zero-order chi connectivity index (χ0) is 26.4. The van der Waals surface area contributed by atoms with Crippen molar-refractivity contribution in [3.8, 4) is 11.5 Å². The highest BCUT2D eigenvalue weighted by Gasteiger charge is 2.09. The van der Waals surface area contributed by atoms with Gasteiger partial charge >= 0.3 is 0 Å². The molecule has 190 valence electrons. The van der Waals surface area contributed by atoms with Crippen molar-refractivity contribution in [2.75, 3.05) is 12.4 Å². The molecule has 0 spiro atoms. The monoisotopic (exact) mass is 535 g/mol. The van der Waals surface area contributed by atoms with E-state index in [9.17, 15) is 4.79 Å². The van der Waals surface area contributed by atoms with Gasteiger partial charge in [0, 0.05) is 23.4 Å². The topological polar surface area (TPSA) is 65.4 Å². The van der Waals surface area contributed by atoms with Crippen molar-refractivity contribution >= 4 is 41.0 Å². The molecule has 4 rings (SSSR count). The molecule has 0 aliphatic heterocycles. The number of ether oxygens (including phenoxy) is 2. The highest BCUT2D eigenvalue weighted by molar-refractivity contribution is 6.42. The summed E-state index contributed by atoms with van der Waals surface area (Å²) in [6.07, 6.45) is 3.21. The Morgan fingerprint density at radius 3 is 2.57 bits per heavy atom. The lowest BCUT2D eigenvalue weighted by molar-refractivity contribution is -0.111. The Bertz CT molecular complexity index is 1450. The van der Waals surface area contributed by atoms with Crippen LogP contribution in [0.1, 0.15) is 27.9 Å². The largest absolute Gasteiger partial charge is 0.496 e. The molecule has 0 radical (unpaired) electrons. The Labute approximate surface area is 226 Å². The molecule has 4 aromatic rings. The van der Waals surface area contributed by atoms with Crippen molar-refractivity contribution in [2.24, 2.45) is 0 Å². The number of rotatable bonds is 9. The molecule has 1 amide bonds. The predicted molar refractivity (Wildman–Crippen MR) is 149 cm³/mol. The summed E-state index contributed by atoms with van der Waals surface area (Å²) in [6.45, 7) is 4.78.